The Balaban J connectivity index is 2.51. The molecule has 3 heteroatoms. The summed E-state index contributed by atoms with van der Waals surface area (Å²) < 4.78 is 5.37. The SMILES string of the molecule is CCC1C=C(CC(=O)O)CCO1. The zero-order valence-electron chi connectivity index (χ0n) is 7.25. The third kappa shape index (κ3) is 2.66. The number of carbonyl (C=O) groups is 1. The van der Waals surface area contributed by atoms with E-state index in [9.17, 15) is 4.79 Å². The van der Waals surface area contributed by atoms with Crippen LogP contribution in [0, 0.1) is 0 Å². The van der Waals surface area contributed by atoms with Gasteiger partial charge >= 0.3 is 5.97 Å². The smallest absolute Gasteiger partial charge is 0.307 e. The number of hydrogen-bond acceptors (Lipinski definition) is 2. The molecule has 0 spiro atoms. The van der Waals surface area contributed by atoms with Gasteiger partial charge in [-0.2, -0.15) is 0 Å². The van der Waals surface area contributed by atoms with E-state index in [1.807, 2.05) is 13.0 Å². The van der Waals surface area contributed by atoms with E-state index >= 15 is 0 Å². The molecular formula is C9H14O3. The van der Waals surface area contributed by atoms with Crippen molar-refractivity contribution in [3.05, 3.63) is 11.6 Å². The molecule has 3 nitrogen and oxygen atoms in total. The molecule has 0 aliphatic carbocycles. The van der Waals surface area contributed by atoms with Gasteiger partial charge in [-0.05, 0) is 12.8 Å². The van der Waals surface area contributed by atoms with Crippen molar-refractivity contribution < 1.29 is 14.6 Å². The minimum atomic E-state index is -0.752. The van der Waals surface area contributed by atoms with E-state index in [0.717, 1.165) is 18.4 Å². The number of carboxylic acids is 1. The van der Waals surface area contributed by atoms with Crippen molar-refractivity contribution >= 4 is 5.97 Å². The van der Waals surface area contributed by atoms with Crippen LogP contribution in [0.4, 0.5) is 0 Å². The normalized spacial score (nSPS) is 23.4. The Morgan fingerprint density at radius 3 is 3.17 bits per heavy atom. The van der Waals surface area contributed by atoms with E-state index < -0.39 is 5.97 Å². The first-order valence-corrected chi connectivity index (χ1v) is 4.25. The average Bonchev–Trinajstić information content (AvgIpc) is 2.03. The highest BCUT2D eigenvalue weighted by Gasteiger charge is 2.13. The third-order valence-corrected chi connectivity index (χ3v) is 1.96. The maximum absolute atomic E-state index is 10.4. The van der Waals surface area contributed by atoms with Crippen LogP contribution in [0.3, 0.4) is 0 Å². The van der Waals surface area contributed by atoms with Crippen molar-refractivity contribution in [2.45, 2.75) is 32.3 Å². The molecule has 0 saturated carbocycles. The van der Waals surface area contributed by atoms with Crippen LogP contribution in [-0.2, 0) is 9.53 Å². The Morgan fingerprint density at radius 2 is 2.58 bits per heavy atom. The maximum atomic E-state index is 10.4. The fraction of sp³-hybridized carbons (Fsp3) is 0.667. The number of hydrogen-bond donors (Lipinski definition) is 1. The molecule has 0 aromatic rings. The summed E-state index contributed by atoms with van der Waals surface area (Å²) in [5, 5.41) is 8.54. The molecule has 0 aromatic heterocycles. The summed E-state index contributed by atoms with van der Waals surface area (Å²) in [5.74, 6) is -0.752. The molecule has 0 bridgehead atoms. The second-order valence-corrected chi connectivity index (χ2v) is 2.96. The Kier molecular flexibility index (Phi) is 3.29. The minimum Gasteiger partial charge on any atom is -0.481 e. The first kappa shape index (κ1) is 9.26. The number of aliphatic carboxylic acids is 1. The maximum Gasteiger partial charge on any atom is 0.307 e. The lowest BCUT2D eigenvalue weighted by atomic mass is 10.0. The third-order valence-electron chi connectivity index (χ3n) is 1.96. The molecule has 0 amide bonds. The summed E-state index contributed by atoms with van der Waals surface area (Å²) in [6.45, 7) is 2.70. The fourth-order valence-electron chi connectivity index (χ4n) is 1.31. The largest absolute Gasteiger partial charge is 0.481 e. The molecule has 1 aliphatic heterocycles. The molecule has 1 aliphatic rings. The van der Waals surface area contributed by atoms with Gasteiger partial charge in [0.05, 0.1) is 19.1 Å². The number of ether oxygens (including phenoxy) is 1. The first-order chi connectivity index (χ1) is 5.72. The van der Waals surface area contributed by atoms with Crippen molar-refractivity contribution in [3.63, 3.8) is 0 Å². The molecule has 1 atom stereocenters. The molecule has 1 unspecified atom stereocenters. The summed E-state index contributed by atoms with van der Waals surface area (Å²) in [6.07, 6.45) is 3.93. The van der Waals surface area contributed by atoms with Crippen molar-refractivity contribution in [2.24, 2.45) is 0 Å². The van der Waals surface area contributed by atoms with Crippen LogP contribution in [0.25, 0.3) is 0 Å². The molecule has 0 aromatic carbocycles. The van der Waals surface area contributed by atoms with Crippen molar-refractivity contribution in [1.82, 2.24) is 0 Å². The van der Waals surface area contributed by atoms with Crippen molar-refractivity contribution in [2.75, 3.05) is 6.61 Å². The van der Waals surface area contributed by atoms with Crippen LogP contribution in [0.5, 0.6) is 0 Å². The molecule has 1 heterocycles. The fourth-order valence-corrected chi connectivity index (χ4v) is 1.31. The lowest BCUT2D eigenvalue weighted by Crippen LogP contribution is -2.17. The Labute approximate surface area is 72.0 Å². The molecule has 68 valence electrons. The van der Waals surface area contributed by atoms with Crippen LogP contribution in [0.1, 0.15) is 26.2 Å². The van der Waals surface area contributed by atoms with Gasteiger partial charge in [-0.3, -0.25) is 4.79 Å². The highest BCUT2D eigenvalue weighted by atomic mass is 16.5. The van der Waals surface area contributed by atoms with E-state index in [1.54, 1.807) is 0 Å². The van der Waals surface area contributed by atoms with Crippen LogP contribution < -0.4 is 0 Å². The highest BCUT2D eigenvalue weighted by molar-refractivity contribution is 5.70. The summed E-state index contributed by atoms with van der Waals surface area (Å²) in [7, 11) is 0. The Bertz CT molecular complexity index is 196. The molecule has 1 N–H and O–H groups in total. The van der Waals surface area contributed by atoms with Gasteiger partial charge in [0.15, 0.2) is 0 Å². The molecular weight excluding hydrogens is 156 g/mol. The number of rotatable bonds is 3. The molecule has 1 rings (SSSR count). The second kappa shape index (κ2) is 4.26. The zero-order chi connectivity index (χ0) is 8.97. The van der Waals surface area contributed by atoms with E-state index in [0.29, 0.717) is 6.61 Å². The number of carboxylic acid groups (broad SMARTS) is 1. The summed E-state index contributed by atoms with van der Waals surface area (Å²) >= 11 is 0. The van der Waals surface area contributed by atoms with E-state index in [4.69, 9.17) is 9.84 Å². The van der Waals surface area contributed by atoms with Crippen LogP contribution in [-0.4, -0.2) is 23.8 Å². The zero-order valence-corrected chi connectivity index (χ0v) is 7.25. The quantitative estimate of drug-likeness (QED) is 0.654. The van der Waals surface area contributed by atoms with Crippen molar-refractivity contribution in [1.29, 1.82) is 0 Å². The Hall–Kier alpha value is -0.830. The van der Waals surface area contributed by atoms with Gasteiger partial charge in [0.25, 0.3) is 0 Å². The predicted octanol–water partition coefficient (Wildman–Crippen LogP) is 1.59. The molecule has 12 heavy (non-hydrogen) atoms. The van der Waals surface area contributed by atoms with Gasteiger partial charge in [0, 0.05) is 0 Å². The topological polar surface area (TPSA) is 46.5 Å². The summed E-state index contributed by atoms with van der Waals surface area (Å²) in [4.78, 5) is 10.4. The Morgan fingerprint density at radius 1 is 1.83 bits per heavy atom. The average molecular weight is 170 g/mol. The van der Waals surface area contributed by atoms with Crippen molar-refractivity contribution in [3.8, 4) is 0 Å². The van der Waals surface area contributed by atoms with Crippen LogP contribution >= 0.6 is 0 Å². The lowest BCUT2D eigenvalue weighted by molar-refractivity contribution is -0.136. The van der Waals surface area contributed by atoms with Gasteiger partial charge in [-0.25, -0.2) is 0 Å². The minimum absolute atomic E-state index is 0.132. The molecule has 0 saturated heterocycles. The second-order valence-electron chi connectivity index (χ2n) is 2.96. The highest BCUT2D eigenvalue weighted by Crippen LogP contribution is 2.17. The monoisotopic (exact) mass is 170 g/mol. The predicted molar refractivity (Wildman–Crippen MR) is 45.0 cm³/mol. The first-order valence-electron chi connectivity index (χ1n) is 4.25. The van der Waals surface area contributed by atoms with Crippen LogP contribution in [0.2, 0.25) is 0 Å². The summed E-state index contributed by atoms with van der Waals surface area (Å²) in [5.41, 5.74) is 1.00. The van der Waals surface area contributed by atoms with Crippen LogP contribution in [0.15, 0.2) is 11.6 Å². The van der Waals surface area contributed by atoms with E-state index in [1.165, 1.54) is 0 Å². The molecule has 0 radical (unpaired) electrons. The standard InChI is InChI=1S/C9H14O3/c1-2-8-5-7(3-4-12-8)6-9(10)11/h5,8H,2-4,6H2,1H3,(H,10,11). The lowest BCUT2D eigenvalue weighted by Gasteiger charge is -2.19. The van der Waals surface area contributed by atoms with Gasteiger partial charge in [0.2, 0.25) is 0 Å². The summed E-state index contributed by atoms with van der Waals surface area (Å²) in [6, 6.07) is 0. The van der Waals surface area contributed by atoms with E-state index in [-0.39, 0.29) is 12.5 Å². The van der Waals surface area contributed by atoms with E-state index in [2.05, 4.69) is 0 Å². The van der Waals surface area contributed by atoms with Gasteiger partial charge in [-0.15, -0.1) is 0 Å². The molecule has 0 fully saturated rings. The van der Waals surface area contributed by atoms with Gasteiger partial charge in [-0.1, -0.05) is 18.6 Å². The van der Waals surface area contributed by atoms with Gasteiger partial charge < -0.3 is 9.84 Å². The van der Waals surface area contributed by atoms with Gasteiger partial charge in [0.1, 0.15) is 0 Å².